The second kappa shape index (κ2) is 7.04. The Morgan fingerprint density at radius 3 is 2.42 bits per heavy atom. The molecule has 0 fully saturated rings. The van der Waals surface area contributed by atoms with E-state index in [1.165, 1.54) is 5.56 Å². The Kier molecular flexibility index (Phi) is 5.37. The van der Waals surface area contributed by atoms with Crippen LogP contribution in [-0.4, -0.2) is 11.5 Å². The third-order valence-electron chi connectivity index (χ3n) is 3.06. The van der Waals surface area contributed by atoms with Gasteiger partial charge >= 0.3 is 0 Å². The number of benzene rings is 1. The molecule has 2 rings (SSSR count). The van der Waals surface area contributed by atoms with Gasteiger partial charge in [0, 0.05) is 21.4 Å². The van der Waals surface area contributed by atoms with Crippen molar-refractivity contribution in [2.75, 3.05) is 6.54 Å². The normalized spacial score (nSPS) is 12.4. The molecule has 0 aliphatic heterocycles. The van der Waals surface area contributed by atoms with Crippen LogP contribution in [0.3, 0.4) is 0 Å². The van der Waals surface area contributed by atoms with E-state index in [9.17, 15) is 0 Å². The molecule has 1 heterocycles. The number of aromatic nitrogens is 1. The van der Waals surface area contributed by atoms with Crippen molar-refractivity contribution < 1.29 is 0 Å². The molecule has 2 nitrogen and oxygen atoms in total. The molecule has 100 valence electrons. The number of pyridine rings is 1. The van der Waals surface area contributed by atoms with Crippen molar-refractivity contribution in [3.8, 4) is 0 Å². The minimum absolute atomic E-state index is 0.398. The molecule has 1 aromatic carbocycles. The molecule has 1 unspecified atom stereocenters. The fourth-order valence-electron chi connectivity index (χ4n) is 2.02. The smallest absolute Gasteiger partial charge is 0.0413 e. The molecule has 0 radical (unpaired) electrons. The van der Waals surface area contributed by atoms with Gasteiger partial charge in [-0.1, -0.05) is 23.7 Å². The first-order valence-corrected chi connectivity index (χ1v) is 7.39. The maximum absolute atomic E-state index is 5.89. The molecule has 0 amide bonds. The topological polar surface area (TPSA) is 38.9 Å². The van der Waals surface area contributed by atoms with Crippen LogP contribution in [0.25, 0.3) is 0 Å². The Morgan fingerprint density at radius 1 is 1.11 bits per heavy atom. The number of hydrogen-bond acceptors (Lipinski definition) is 2. The summed E-state index contributed by atoms with van der Waals surface area (Å²) in [5.74, 6) is 0.398. The van der Waals surface area contributed by atoms with Gasteiger partial charge in [-0.15, -0.1) is 0 Å². The molecule has 0 saturated carbocycles. The van der Waals surface area contributed by atoms with Crippen molar-refractivity contribution in [2.45, 2.75) is 12.8 Å². The Morgan fingerprint density at radius 2 is 1.84 bits per heavy atom. The number of rotatable bonds is 5. The van der Waals surface area contributed by atoms with Gasteiger partial charge < -0.3 is 5.73 Å². The molecule has 0 spiro atoms. The van der Waals surface area contributed by atoms with Crippen LogP contribution in [0.15, 0.2) is 47.1 Å². The first-order chi connectivity index (χ1) is 9.17. The van der Waals surface area contributed by atoms with Crippen molar-refractivity contribution in [1.82, 2.24) is 4.98 Å². The van der Waals surface area contributed by atoms with Crippen LogP contribution in [0.2, 0.25) is 5.02 Å². The van der Waals surface area contributed by atoms with Gasteiger partial charge in [-0.2, -0.15) is 0 Å². The van der Waals surface area contributed by atoms with Gasteiger partial charge in [-0.25, -0.2) is 0 Å². The van der Waals surface area contributed by atoms with Crippen molar-refractivity contribution in [3.63, 3.8) is 0 Å². The standard InChI is InChI=1S/C15H16BrClN2/c16-13-3-6-15(19-10-13)8-12(9-18)7-11-1-4-14(17)5-2-11/h1-6,10,12H,7-9,18H2. The summed E-state index contributed by atoms with van der Waals surface area (Å²) in [7, 11) is 0. The van der Waals surface area contributed by atoms with Gasteiger partial charge in [0.05, 0.1) is 0 Å². The van der Waals surface area contributed by atoms with Crippen LogP contribution in [0.5, 0.6) is 0 Å². The molecule has 19 heavy (non-hydrogen) atoms. The molecule has 2 N–H and O–H groups in total. The van der Waals surface area contributed by atoms with E-state index in [1.54, 1.807) is 0 Å². The lowest BCUT2D eigenvalue weighted by Gasteiger charge is -2.14. The molecule has 0 aliphatic carbocycles. The van der Waals surface area contributed by atoms with Gasteiger partial charge in [0.25, 0.3) is 0 Å². The average Bonchev–Trinajstić information content (AvgIpc) is 2.43. The first kappa shape index (κ1) is 14.5. The molecule has 2 aromatic rings. The maximum Gasteiger partial charge on any atom is 0.0413 e. The quantitative estimate of drug-likeness (QED) is 0.898. The van der Waals surface area contributed by atoms with Gasteiger partial charge in [-0.3, -0.25) is 4.98 Å². The summed E-state index contributed by atoms with van der Waals surface area (Å²) in [6.07, 6.45) is 3.67. The summed E-state index contributed by atoms with van der Waals surface area (Å²) in [6.45, 7) is 0.653. The number of nitrogens with two attached hydrogens (primary N) is 1. The van der Waals surface area contributed by atoms with E-state index < -0.39 is 0 Å². The fourth-order valence-corrected chi connectivity index (χ4v) is 2.38. The largest absolute Gasteiger partial charge is 0.330 e. The van der Waals surface area contributed by atoms with Crippen molar-refractivity contribution in [1.29, 1.82) is 0 Å². The fraction of sp³-hybridized carbons (Fsp3) is 0.267. The van der Waals surface area contributed by atoms with Gasteiger partial charge in [0.2, 0.25) is 0 Å². The van der Waals surface area contributed by atoms with Crippen LogP contribution in [-0.2, 0) is 12.8 Å². The van der Waals surface area contributed by atoms with Crippen LogP contribution in [0, 0.1) is 5.92 Å². The first-order valence-electron chi connectivity index (χ1n) is 6.22. The van der Waals surface area contributed by atoms with E-state index in [1.807, 2.05) is 30.5 Å². The highest BCUT2D eigenvalue weighted by Gasteiger charge is 2.10. The summed E-state index contributed by atoms with van der Waals surface area (Å²) in [5, 5.41) is 0.766. The number of hydrogen-bond donors (Lipinski definition) is 1. The zero-order valence-electron chi connectivity index (χ0n) is 10.5. The molecule has 1 atom stereocenters. The SMILES string of the molecule is NCC(Cc1ccc(Cl)cc1)Cc1ccc(Br)cn1. The third kappa shape index (κ3) is 4.60. The highest BCUT2D eigenvalue weighted by molar-refractivity contribution is 9.10. The minimum atomic E-state index is 0.398. The van der Waals surface area contributed by atoms with Gasteiger partial charge in [-0.05, 0) is 71.1 Å². The van der Waals surface area contributed by atoms with Crippen LogP contribution < -0.4 is 5.73 Å². The van der Waals surface area contributed by atoms with Gasteiger partial charge in [0.1, 0.15) is 0 Å². The zero-order chi connectivity index (χ0) is 13.7. The van der Waals surface area contributed by atoms with Crippen molar-refractivity contribution >= 4 is 27.5 Å². The Bertz CT molecular complexity index is 463. The van der Waals surface area contributed by atoms with Crippen LogP contribution >= 0.6 is 27.5 Å². The maximum atomic E-state index is 5.89. The summed E-state index contributed by atoms with van der Waals surface area (Å²) in [5.41, 5.74) is 8.20. The predicted molar refractivity (Wildman–Crippen MR) is 83.3 cm³/mol. The minimum Gasteiger partial charge on any atom is -0.330 e. The van der Waals surface area contributed by atoms with Crippen LogP contribution in [0.1, 0.15) is 11.3 Å². The van der Waals surface area contributed by atoms with Crippen molar-refractivity contribution in [2.24, 2.45) is 11.7 Å². The Labute approximate surface area is 127 Å². The van der Waals surface area contributed by atoms with Crippen LogP contribution in [0.4, 0.5) is 0 Å². The molecule has 0 aliphatic rings. The molecule has 0 saturated heterocycles. The zero-order valence-corrected chi connectivity index (χ0v) is 12.9. The lowest BCUT2D eigenvalue weighted by atomic mass is 9.95. The van der Waals surface area contributed by atoms with E-state index in [0.717, 1.165) is 28.0 Å². The van der Waals surface area contributed by atoms with E-state index in [2.05, 4.69) is 33.0 Å². The Hall–Kier alpha value is -0.900. The summed E-state index contributed by atoms with van der Waals surface area (Å²) < 4.78 is 0.998. The van der Waals surface area contributed by atoms with E-state index in [0.29, 0.717) is 12.5 Å². The second-order valence-corrected chi connectivity index (χ2v) is 5.96. The molecular weight excluding hydrogens is 324 g/mol. The summed E-state index contributed by atoms with van der Waals surface area (Å²) in [4.78, 5) is 4.40. The summed E-state index contributed by atoms with van der Waals surface area (Å²) >= 11 is 9.28. The highest BCUT2D eigenvalue weighted by atomic mass is 79.9. The van der Waals surface area contributed by atoms with Gasteiger partial charge in [0.15, 0.2) is 0 Å². The van der Waals surface area contributed by atoms with E-state index in [-0.39, 0.29) is 0 Å². The summed E-state index contributed by atoms with van der Waals surface area (Å²) in [6, 6.07) is 12.0. The molecule has 0 bridgehead atoms. The van der Waals surface area contributed by atoms with Crippen molar-refractivity contribution in [3.05, 3.63) is 63.3 Å². The molecule has 4 heteroatoms. The number of halogens is 2. The average molecular weight is 340 g/mol. The third-order valence-corrected chi connectivity index (χ3v) is 3.78. The predicted octanol–water partition coefficient (Wildman–Crippen LogP) is 3.86. The second-order valence-electron chi connectivity index (χ2n) is 4.60. The van der Waals surface area contributed by atoms with E-state index >= 15 is 0 Å². The highest BCUT2D eigenvalue weighted by Crippen LogP contribution is 2.16. The Balaban J connectivity index is 2.00. The molecular formula is C15H16BrClN2. The molecule has 1 aromatic heterocycles. The van der Waals surface area contributed by atoms with E-state index in [4.69, 9.17) is 17.3 Å². The monoisotopic (exact) mass is 338 g/mol. The lowest BCUT2D eigenvalue weighted by molar-refractivity contribution is 0.527. The number of nitrogens with zero attached hydrogens (tertiary/aromatic N) is 1. The lowest BCUT2D eigenvalue weighted by Crippen LogP contribution is -2.19.